The molecule has 0 amide bonds. The molecule has 3 aromatic carbocycles. The minimum absolute atomic E-state index is 0.383. The molecule has 0 bridgehead atoms. The van der Waals surface area contributed by atoms with Crippen LogP contribution in [0.15, 0.2) is 78.4 Å². The second-order valence-electron chi connectivity index (χ2n) is 7.87. The summed E-state index contributed by atoms with van der Waals surface area (Å²) in [7, 11) is 2.81. The van der Waals surface area contributed by atoms with Gasteiger partial charge in [-0.2, -0.15) is 0 Å². The standard InChI is InChI=1S/C26H18O4/c1-29-23(27)25-17-11-5-3-9-15(17)21-16-10-4-6-12-18(16)26(22(21)25,24(28)30-2)20-14-8-7-13-19(20)25/h3-14H,1-2H3. The average molecular weight is 394 g/mol. The van der Waals surface area contributed by atoms with E-state index in [-0.39, 0.29) is 11.9 Å². The first-order valence-corrected chi connectivity index (χ1v) is 9.87. The molecule has 0 spiro atoms. The minimum atomic E-state index is -1.18. The molecule has 0 radical (unpaired) electrons. The lowest BCUT2D eigenvalue weighted by Gasteiger charge is -2.31. The molecule has 0 heterocycles. The number of ether oxygens (including phenoxy) is 2. The van der Waals surface area contributed by atoms with Gasteiger partial charge in [0.25, 0.3) is 0 Å². The van der Waals surface area contributed by atoms with E-state index in [9.17, 15) is 9.59 Å². The summed E-state index contributed by atoms with van der Waals surface area (Å²) < 4.78 is 10.8. The maximum atomic E-state index is 13.7. The van der Waals surface area contributed by atoms with Crippen molar-refractivity contribution in [2.24, 2.45) is 0 Å². The fraction of sp³-hybridized carbons (Fsp3) is 0.154. The van der Waals surface area contributed by atoms with Crippen LogP contribution in [-0.2, 0) is 29.9 Å². The first kappa shape index (κ1) is 17.2. The van der Waals surface area contributed by atoms with E-state index in [0.29, 0.717) is 0 Å². The molecule has 2 unspecified atom stereocenters. The second-order valence-corrected chi connectivity index (χ2v) is 7.87. The van der Waals surface area contributed by atoms with E-state index in [1.165, 1.54) is 14.2 Å². The Bertz CT molecular complexity index is 1220. The summed E-state index contributed by atoms with van der Waals surface area (Å²) in [6.07, 6.45) is 0. The van der Waals surface area contributed by atoms with Gasteiger partial charge in [-0.05, 0) is 44.5 Å². The Kier molecular flexibility index (Phi) is 3.15. The van der Waals surface area contributed by atoms with Crippen LogP contribution in [0.1, 0.15) is 33.4 Å². The predicted molar refractivity (Wildman–Crippen MR) is 111 cm³/mol. The number of esters is 2. The third kappa shape index (κ3) is 1.52. The lowest BCUT2D eigenvalue weighted by Crippen LogP contribution is -2.42. The maximum Gasteiger partial charge on any atom is 0.325 e. The van der Waals surface area contributed by atoms with Crippen LogP contribution in [0.3, 0.4) is 0 Å². The first-order valence-electron chi connectivity index (χ1n) is 9.87. The van der Waals surface area contributed by atoms with Crippen LogP contribution in [0.25, 0.3) is 5.57 Å². The smallest absolute Gasteiger partial charge is 0.325 e. The van der Waals surface area contributed by atoms with Crippen LogP contribution >= 0.6 is 0 Å². The zero-order chi connectivity index (χ0) is 20.7. The Morgan fingerprint density at radius 2 is 0.967 bits per heavy atom. The predicted octanol–water partition coefficient (Wildman–Crippen LogP) is 3.75. The summed E-state index contributed by atoms with van der Waals surface area (Å²) >= 11 is 0. The van der Waals surface area contributed by atoms with Gasteiger partial charge in [0.2, 0.25) is 0 Å². The van der Waals surface area contributed by atoms with Crippen LogP contribution < -0.4 is 0 Å². The first-order chi connectivity index (χ1) is 14.6. The number of benzene rings is 3. The highest BCUT2D eigenvalue weighted by molar-refractivity contribution is 6.17. The van der Waals surface area contributed by atoms with Gasteiger partial charge in [0, 0.05) is 0 Å². The van der Waals surface area contributed by atoms with Gasteiger partial charge in [0.15, 0.2) is 0 Å². The van der Waals surface area contributed by atoms with Crippen molar-refractivity contribution in [2.45, 2.75) is 10.8 Å². The van der Waals surface area contributed by atoms with Gasteiger partial charge in [0.05, 0.1) is 14.2 Å². The van der Waals surface area contributed by atoms with Crippen LogP contribution in [0.5, 0.6) is 0 Å². The summed E-state index contributed by atoms with van der Waals surface area (Å²) in [6, 6.07) is 23.4. The SMILES string of the molecule is COC(=O)C12C3=C(c4ccccc41)c1ccccc1C3(C(=O)OC)c1ccccc12. The molecule has 2 atom stereocenters. The Labute approximate surface area is 173 Å². The Balaban J connectivity index is 1.92. The molecule has 4 heteroatoms. The van der Waals surface area contributed by atoms with Crippen molar-refractivity contribution in [3.8, 4) is 0 Å². The molecule has 0 fully saturated rings. The Morgan fingerprint density at radius 3 is 1.37 bits per heavy atom. The van der Waals surface area contributed by atoms with Gasteiger partial charge in [-0.1, -0.05) is 72.8 Å². The van der Waals surface area contributed by atoms with E-state index in [1.807, 2.05) is 72.8 Å². The summed E-state index contributed by atoms with van der Waals surface area (Å²) in [6.45, 7) is 0. The zero-order valence-electron chi connectivity index (χ0n) is 16.6. The van der Waals surface area contributed by atoms with E-state index in [2.05, 4.69) is 0 Å². The molecule has 0 saturated heterocycles. The van der Waals surface area contributed by atoms with Crippen LogP contribution in [0.2, 0.25) is 0 Å². The van der Waals surface area contributed by atoms with Gasteiger partial charge in [-0.15, -0.1) is 0 Å². The number of rotatable bonds is 2. The van der Waals surface area contributed by atoms with E-state index in [0.717, 1.165) is 44.5 Å². The molecule has 6 rings (SSSR count). The molecule has 4 nitrogen and oxygen atoms in total. The Hall–Kier alpha value is -3.66. The zero-order valence-corrected chi connectivity index (χ0v) is 16.6. The van der Waals surface area contributed by atoms with Gasteiger partial charge >= 0.3 is 11.9 Å². The largest absolute Gasteiger partial charge is 0.468 e. The molecule has 0 aromatic heterocycles. The molecule has 146 valence electrons. The molecule has 30 heavy (non-hydrogen) atoms. The fourth-order valence-electron chi connectivity index (χ4n) is 6.04. The van der Waals surface area contributed by atoms with Crippen molar-refractivity contribution in [1.29, 1.82) is 0 Å². The summed E-state index contributed by atoms with van der Waals surface area (Å²) in [4.78, 5) is 27.3. The van der Waals surface area contributed by atoms with Gasteiger partial charge in [-0.3, -0.25) is 9.59 Å². The highest BCUT2D eigenvalue weighted by Gasteiger charge is 2.72. The van der Waals surface area contributed by atoms with E-state index in [1.54, 1.807) is 0 Å². The van der Waals surface area contributed by atoms with Crippen LogP contribution in [0.4, 0.5) is 0 Å². The minimum Gasteiger partial charge on any atom is -0.468 e. The molecular weight excluding hydrogens is 376 g/mol. The van der Waals surface area contributed by atoms with Gasteiger partial charge in [0.1, 0.15) is 10.8 Å². The molecule has 3 aromatic rings. The van der Waals surface area contributed by atoms with E-state index < -0.39 is 10.8 Å². The van der Waals surface area contributed by atoms with Crippen molar-refractivity contribution < 1.29 is 19.1 Å². The van der Waals surface area contributed by atoms with Crippen molar-refractivity contribution >= 4 is 17.5 Å². The Morgan fingerprint density at radius 1 is 0.600 bits per heavy atom. The highest BCUT2D eigenvalue weighted by atomic mass is 16.5. The number of carbonyl (C=O) groups excluding carboxylic acids is 2. The fourth-order valence-corrected chi connectivity index (χ4v) is 6.04. The molecule has 0 saturated carbocycles. The van der Waals surface area contributed by atoms with Gasteiger partial charge in [-0.25, -0.2) is 0 Å². The average Bonchev–Trinajstić information content (AvgIpc) is 3.38. The summed E-state index contributed by atoms with van der Waals surface area (Å²) in [5, 5.41) is 0. The van der Waals surface area contributed by atoms with E-state index in [4.69, 9.17) is 9.47 Å². The quantitative estimate of drug-likeness (QED) is 0.622. The lowest BCUT2D eigenvalue weighted by molar-refractivity contribution is -0.145. The number of fused-ring (bicyclic) bond motifs is 9. The monoisotopic (exact) mass is 394 g/mol. The van der Waals surface area contributed by atoms with Crippen molar-refractivity contribution in [1.82, 2.24) is 0 Å². The molecule has 0 aliphatic heterocycles. The number of carbonyl (C=O) groups is 2. The van der Waals surface area contributed by atoms with Gasteiger partial charge < -0.3 is 9.47 Å². The number of methoxy groups -OCH3 is 2. The molecule has 3 aliphatic rings. The second kappa shape index (κ2) is 5.48. The molecule has 0 N–H and O–H groups in total. The van der Waals surface area contributed by atoms with Crippen molar-refractivity contribution in [2.75, 3.05) is 14.2 Å². The third-order valence-electron chi connectivity index (χ3n) is 6.92. The normalized spacial score (nSPS) is 24.1. The summed E-state index contributed by atoms with van der Waals surface area (Å²) in [5.74, 6) is -0.767. The van der Waals surface area contributed by atoms with Crippen molar-refractivity contribution in [3.63, 3.8) is 0 Å². The highest BCUT2D eigenvalue weighted by Crippen LogP contribution is 2.70. The van der Waals surface area contributed by atoms with E-state index >= 15 is 0 Å². The number of hydrogen-bond acceptors (Lipinski definition) is 4. The lowest BCUT2D eigenvalue weighted by atomic mass is 9.69. The molecular formula is C26H18O4. The summed E-state index contributed by atoms with van der Waals surface area (Å²) in [5.41, 5.74) is 4.55. The maximum absolute atomic E-state index is 13.7. The van der Waals surface area contributed by atoms with Crippen LogP contribution in [-0.4, -0.2) is 26.2 Å². The molecule has 3 aliphatic carbocycles. The topological polar surface area (TPSA) is 52.6 Å². The van der Waals surface area contributed by atoms with Crippen LogP contribution in [0, 0.1) is 0 Å². The third-order valence-corrected chi connectivity index (χ3v) is 6.92. The number of hydrogen-bond donors (Lipinski definition) is 0. The van der Waals surface area contributed by atoms with Crippen molar-refractivity contribution in [3.05, 3.63) is 112 Å².